The molecule has 0 aliphatic carbocycles. The van der Waals surface area contributed by atoms with Crippen LogP contribution in [0.3, 0.4) is 0 Å². The average Bonchev–Trinajstić information content (AvgIpc) is 1.79. The second-order valence-electron chi connectivity index (χ2n) is 1.31. The van der Waals surface area contributed by atoms with Crippen LogP contribution in [0, 0.1) is 0 Å². The third kappa shape index (κ3) is 7.98. The second kappa shape index (κ2) is 5.74. The van der Waals surface area contributed by atoms with Crippen LogP contribution in [0.1, 0.15) is 0 Å². The SMILES string of the molecule is O=C(O)C[Se][Se]CC(=O)O. The van der Waals surface area contributed by atoms with Crippen molar-refractivity contribution >= 4 is 38.2 Å². The zero-order valence-electron chi connectivity index (χ0n) is 4.94. The van der Waals surface area contributed by atoms with Gasteiger partial charge in [0.25, 0.3) is 0 Å². The molecule has 0 aliphatic rings. The molecule has 0 saturated carbocycles. The van der Waals surface area contributed by atoms with Crippen LogP contribution >= 0.6 is 0 Å². The summed E-state index contributed by atoms with van der Waals surface area (Å²) in [4.78, 5) is 19.8. The van der Waals surface area contributed by atoms with Gasteiger partial charge < -0.3 is 0 Å². The summed E-state index contributed by atoms with van der Waals surface area (Å²) in [5.74, 6) is -1.65. The third-order valence-electron chi connectivity index (χ3n) is 0.448. The molecular formula is C4H6O4Se2. The van der Waals surface area contributed by atoms with Gasteiger partial charge in [0.1, 0.15) is 0 Å². The quantitative estimate of drug-likeness (QED) is 0.515. The van der Waals surface area contributed by atoms with Crippen molar-refractivity contribution in [2.75, 3.05) is 0 Å². The van der Waals surface area contributed by atoms with Crippen molar-refractivity contribution in [1.82, 2.24) is 0 Å². The topological polar surface area (TPSA) is 74.6 Å². The van der Waals surface area contributed by atoms with E-state index in [9.17, 15) is 9.59 Å². The molecule has 0 atom stereocenters. The summed E-state index contributed by atoms with van der Waals surface area (Å²) in [5, 5.41) is 16.6. The molecule has 2 N–H and O–H groups in total. The monoisotopic (exact) mass is 278 g/mol. The molecule has 0 aromatic rings. The van der Waals surface area contributed by atoms with E-state index in [0.29, 0.717) is 0 Å². The predicted octanol–water partition coefficient (Wildman–Crippen LogP) is -0.684. The molecular weight excluding hydrogens is 270 g/mol. The number of carbonyl (C=O) groups is 2. The first kappa shape index (κ1) is 9.98. The molecule has 58 valence electrons. The zero-order chi connectivity index (χ0) is 7.98. The average molecular weight is 276 g/mol. The molecule has 0 radical (unpaired) electrons. The fraction of sp³-hybridized carbons (Fsp3) is 0.500. The predicted molar refractivity (Wildman–Crippen MR) is 36.4 cm³/mol. The maximum atomic E-state index is 9.92. The van der Waals surface area contributed by atoms with E-state index in [1.807, 2.05) is 0 Å². The Morgan fingerprint density at radius 1 is 1.00 bits per heavy atom. The minimum atomic E-state index is -0.827. The van der Waals surface area contributed by atoms with Gasteiger partial charge in [-0.05, 0) is 0 Å². The van der Waals surface area contributed by atoms with E-state index < -0.39 is 11.9 Å². The summed E-state index contributed by atoms with van der Waals surface area (Å²) in [6.07, 6.45) is 0. The Labute approximate surface area is 68.9 Å². The van der Waals surface area contributed by atoms with Gasteiger partial charge in [0.15, 0.2) is 0 Å². The van der Waals surface area contributed by atoms with E-state index in [1.165, 1.54) is 0 Å². The van der Waals surface area contributed by atoms with E-state index in [4.69, 9.17) is 10.2 Å². The number of carboxylic acids is 2. The number of rotatable bonds is 5. The molecule has 0 unspecified atom stereocenters. The first-order valence-electron chi connectivity index (χ1n) is 2.31. The molecule has 0 spiro atoms. The first-order chi connectivity index (χ1) is 4.63. The molecule has 0 heterocycles. The van der Waals surface area contributed by atoms with E-state index in [0.717, 1.165) is 0 Å². The summed E-state index contributed by atoms with van der Waals surface area (Å²) >= 11 is 0.0223. The normalized spacial score (nSPS) is 9.20. The van der Waals surface area contributed by atoms with Crippen molar-refractivity contribution in [2.45, 2.75) is 10.6 Å². The van der Waals surface area contributed by atoms with Gasteiger partial charge in [0.05, 0.1) is 0 Å². The number of hydrogen-bond donors (Lipinski definition) is 2. The standard InChI is InChI=1S/C4H6O4Se2/c5-3(6)1-9-10-2-4(7)8/h1-2H2,(H,5,6)(H,7,8). The van der Waals surface area contributed by atoms with Crippen LogP contribution in [-0.2, 0) is 9.59 Å². The Bertz CT molecular complexity index is 119. The van der Waals surface area contributed by atoms with Crippen molar-refractivity contribution < 1.29 is 19.8 Å². The molecule has 0 aromatic heterocycles. The van der Waals surface area contributed by atoms with E-state index in [2.05, 4.69) is 0 Å². The number of carboxylic acid groups (broad SMARTS) is 2. The van der Waals surface area contributed by atoms with Gasteiger partial charge in [-0.2, -0.15) is 0 Å². The Morgan fingerprint density at radius 3 is 1.50 bits per heavy atom. The Hall–Kier alpha value is -0.0210. The van der Waals surface area contributed by atoms with Crippen LogP contribution in [0.25, 0.3) is 0 Å². The molecule has 0 bridgehead atoms. The zero-order valence-corrected chi connectivity index (χ0v) is 8.37. The van der Waals surface area contributed by atoms with Gasteiger partial charge in [-0.25, -0.2) is 0 Å². The number of aliphatic carboxylic acids is 2. The molecule has 0 aromatic carbocycles. The fourth-order valence-corrected chi connectivity index (χ4v) is 4.97. The summed E-state index contributed by atoms with van der Waals surface area (Å²) in [7, 11) is 0. The van der Waals surface area contributed by atoms with Crippen LogP contribution in [0.5, 0.6) is 0 Å². The summed E-state index contributed by atoms with van der Waals surface area (Å²) in [5.41, 5.74) is 0. The molecule has 0 amide bonds. The molecule has 10 heavy (non-hydrogen) atoms. The van der Waals surface area contributed by atoms with E-state index in [-0.39, 0.29) is 36.9 Å². The molecule has 6 heteroatoms. The van der Waals surface area contributed by atoms with Crippen molar-refractivity contribution in [3.63, 3.8) is 0 Å². The molecule has 0 saturated heterocycles. The second-order valence-corrected chi connectivity index (χ2v) is 8.65. The minimum absolute atomic E-state index is 0.0111. The van der Waals surface area contributed by atoms with E-state index >= 15 is 0 Å². The maximum absolute atomic E-state index is 9.92. The van der Waals surface area contributed by atoms with Crippen molar-refractivity contribution in [2.24, 2.45) is 0 Å². The van der Waals surface area contributed by atoms with Gasteiger partial charge in [-0.15, -0.1) is 0 Å². The van der Waals surface area contributed by atoms with Crippen molar-refractivity contribution in [1.29, 1.82) is 0 Å². The van der Waals surface area contributed by atoms with Crippen molar-refractivity contribution in [3.8, 4) is 0 Å². The number of hydrogen-bond acceptors (Lipinski definition) is 2. The summed E-state index contributed by atoms with van der Waals surface area (Å²) in [6.45, 7) is 0. The molecule has 4 nitrogen and oxygen atoms in total. The van der Waals surface area contributed by atoms with Crippen LogP contribution in [0.4, 0.5) is 0 Å². The third-order valence-corrected chi connectivity index (χ3v) is 6.72. The fourth-order valence-electron chi connectivity index (χ4n) is 0.184. The van der Waals surface area contributed by atoms with Gasteiger partial charge >= 0.3 is 68.6 Å². The van der Waals surface area contributed by atoms with Crippen LogP contribution in [0.15, 0.2) is 0 Å². The van der Waals surface area contributed by atoms with Gasteiger partial charge in [0, 0.05) is 0 Å². The molecule has 0 aliphatic heterocycles. The van der Waals surface area contributed by atoms with Crippen LogP contribution < -0.4 is 0 Å². The van der Waals surface area contributed by atoms with Gasteiger partial charge in [0.2, 0.25) is 0 Å². The summed E-state index contributed by atoms with van der Waals surface area (Å²) in [6, 6.07) is 0. The van der Waals surface area contributed by atoms with Crippen LogP contribution in [0.2, 0.25) is 10.6 Å². The Balaban J connectivity index is 3.06. The first-order valence-corrected chi connectivity index (χ1v) is 9.06. The molecule has 0 fully saturated rings. The van der Waals surface area contributed by atoms with Crippen molar-refractivity contribution in [3.05, 3.63) is 0 Å². The summed E-state index contributed by atoms with van der Waals surface area (Å²) < 4.78 is 0. The Morgan fingerprint density at radius 2 is 1.30 bits per heavy atom. The van der Waals surface area contributed by atoms with Crippen LogP contribution in [-0.4, -0.2) is 48.4 Å². The van der Waals surface area contributed by atoms with E-state index in [1.54, 1.807) is 0 Å². The Kier molecular flexibility index (Phi) is 5.73. The van der Waals surface area contributed by atoms with Gasteiger partial charge in [-0.3, -0.25) is 0 Å². The molecule has 0 rings (SSSR count). The van der Waals surface area contributed by atoms with Gasteiger partial charge in [-0.1, -0.05) is 0 Å².